The number of rotatable bonds is 2. The minimum atomic E-state index is 0.0226. The van der Waals surface area contributed by atoms with Crippen molar-refractivity contribution >= 4 is 5.82 Å². The number of aromatic amines is 1. The lowest BCUT2D eigenvalue weighted by Crippen LogP contribution is -2.26. The molecular weight excluding hydrogens is 222 g/mol. The van der Waals surface area contributed by atoms with Crippen molar-refractivity contribution < 1.29 is 0 Å². The number of benzene rings is 1. The van der Waals surface area contributed by atoms with Crippen molar-refractivity contribution in [3.63, 3.8) is 0 Å². The molecule has 0 aliphatic heterocycles. The normalized spacial score (nSPS) is 11.6. The Bertz CT molecular complexity index is 547. The highest BCUT2D eigenvalue weighted by Crippen LogP contribution is 2.25. The highest BCUT2D eigenvalue weighted by Gasteiger charge is 2.12. The molecule has 3 heteroatoms. The summed E-state index contributed by atoms with van der Waals surface area (Å²) in [4.78, 5) is 0. The van der Waals surface area contributed by atoms with E-state index in [1.165, 1.54) is 16.7 Å². The van der Waals surface area contributed by atoms with Crippen LogP contribution in [0, 0.1) is 13.8 Å². The predicted octanol–water partition coefficient (Wildman–Crippen LogP) is 3.90. The van der Waals surface area contributed by atoms with E-state index in [9.17, 15) is 0 Å². The van der Waals surface area contributed by atoms with Gasteiger partial charge in [-0.3, -0.25) is 5.10 Å². The average molecular weight is 243 g/mol. The molecular formula is C15H21N3. The maximum atomic E-state index is 4.31. The zero-order valence-electron chi connectivity index (χ0n) is 11.8. The van der Waals surface area contributed by atoms with E-state index in [1.54, 1.807) is 0 Å². The summed E-state index contributed by atoms with van der Waals surface area (Å²) in [5.74, 6) is 0.887. The molecule has 0 aliphatic carbocycles. The van der Waals surface area contributed by atoms with E-state index in [1.807, 2.05) is 0 Å². The number of aromatic nitrogens is 2. The first-order chi connectivity index (χ1) is 8.35. The van der Waals surface area contributed by atoms with Gasteiger partial charge in [0.05, 0.1) is 5.69 Å². The third-order valence-corrected chi connectivity index (χ3v) is 2.75. The SMILES string of the molecule is Cc1ccc(-c2cc(NC(C)(C)C)n[nH]2)c(C)c1. The fourth-order valence-electron chi connectivity index (χ4n) is 2.02. The van der Waals surface area contributed by atoms with Crippen LogP contribution in [-0.2, 0) is 0 Å². The molecule has 0 amide bonds. The van der Waals surface area contributed by atoms with Crippen molar-refractivity contribution in [2.24, 2.45) is 0 Å². The second-order valence-electron chi connectivity index (χ2n) is 5.86. The number of hydrogen-bond acceptors (Lipinski definition) is 2. The Morgan fingerprint density at radius 3 is 2.44 bits per heavy atom. The molecule has 0 saturated heterocycles. The third-order valence-electron chi connectivity index (χ3n) is 2.75. The maximum Gasteiger partial charge on any atom is 0.148 e. The molecule has 1 aromatic heterocycles. The number of anilines is 1. The molecule has 2 rings (SSSR count). The van der Waals surface area contributed by atoms with Gasteiger partial charge in [-0.1, -0.05) is 23.8 Å². The zero-order valence-corrected chi connectivity index (χ0v) is 11.8. The van der Waals surface area contributed by atoms with Crippen LogP contribution < -0.4 is 5.32 Å². The van der Waals surface area contributed by atoms with Crippen LogP contribution in [-0.4, -0.2) is 15.7 Å². The third kappa shape index (κ3) is 2.92. The van der Waals surface area contributed by atoms with Crippen molar-refractivity contribution in [1.29, 1.82) is 0 Å². The summed E-state index contributed by atoms with van der Waals surface area (Å²) in [7, 11) is 0. The minimum Gasteiger partial charge on any atom is -0.364 e. The molecule has 0 radical (unpaired) electrons. The van der Waals surface area contributed by atoms with Gasteiger partial charge in [-0.25, -0.2) is 0 Å². The van der Waals surface area contributed by atoms with Crippen LogP contribution in [0.1, 0.15) is 31.9 Å². The molecule has 0 saturated carbocycles. The Morgan fingerprint density at radius 1 is 1.11 bits per heavy atom. The summed E-state index contributed by atoms with van der Waals surface area (Å²) >= 11 is 0. The maximum absolute atomic E-state index is 4.31. The largest absolute Gasteiger partial charge is 0.364 e. The van der Waals surface area contributed by atoms with Crippen LogP contribution in [0.2, 0.25) is 0 Å². The van der Waals surface area contributed by atoms with Crippen LogP contribution in [0.5, 0.6) is 0 Å². The molecule has 0 aliphatic rings. The second kappa shape index (κ2) is 4.48. The Morgan fingerprint density at radius 2 is 1.83 bits per heavy atom. The molecule has 18 heavy (non-hydrogen) atoms. The van der Waals surface area contributed by atoms with Crippen molar-refractivity contribution in [2.45, 2.75) is 40.2 Å². The molecule has 96 valence electrons. The molecule has 0 unspecified atom stereocenters. The van der Waals surface area contributed by atoms with E-state index in [0.717, 1.165) is 11.5 Å². The first kappa shape index (κ1) is 12.7. The number of nitrogens with zero attached hydrogens (tertiary/aromatic N) is 1. The average Bonchev–Trinajstić information content (AvgIpc) is 2.63. The standard InChI is InChI=1S/C15H21N3/c1-10-6-7-12(11(2)8-10)13-9-14(18-17-13)16-15(3,4)5/h6-9H,1-5H3,(H2,16,17,18). The zero-order chi connectivity index (χ0) is 13.3. The summed E-state index contributed by atoms with van der Waals surface area (Å²) in [6.07, 6.45) is 0. The smallest absolute Gasteiger partial charge is 0.148 e. The topological polar surface area (TPSA) is 40.7 Å². The van der Waals surface area contributed by atoms with Crippen molar-refractivity contribution in [3.8, 4) is 11.3 Å². The first-order valence-corrected chi connectivity index (χ1v) is 6.26. The van der Waals surface area contributed by atoms with Gasteiger partial charge >= 0.3 is 0 Å². The fourth-order valence-corrected chi connectivity index (χ4v) is 2.02. The predicted molar refractivity (Wildman–Crippen MR) is 76.9 cm³/mol. The van der Waals surface area contributed by atoms with Gasteiger partial charge in [0.2, 0.25) is 0 Å². The van der Waals surface area contributed by atoms with Gasteiger partial charge in [-0.05, 0) is 40.2 Å². The molecule has 0 bridgehead atoms. The van der Waals surface area contributed by atoms with Crippen molar-refractivity contribution in [3.05, 3.63) is 35.4 Å². The quantitative estimate of drug-likeness (QED) is 0.839. The molecule has 0 atom stereocenters. The molecule has 3 nitrogen and oxygen atoms in total. The molecule has 0 fully saturated rings. The number of aryl methyl sites for hydroxylation is 2. The lowest BCUT2D eigenvalue weighted by Gasteiger charge is -2.19. The van der Waals surface area contributed by atoms with E-state index in [4.69, 9.17) is 0 Å². The van der Waals surface area contributed by atoms with E-state index in [-0.39, 0.29) is 5.54 Å². The van der Waals surface area contributed by atoms with Crippen LogP contribution in [0.25, 0.3) is 11.3 Å². The molecule has 0 spiro atoms. The van der Waals surface area contributed by atoms with Gasteiger partial charge in [0.25, 0.3) is 0 Å². The van der Waals surface area contributed by atoms with Crippen molar-refractivity contribution in [2.75, 3.05) is 5.32 Å². The van der Waals surface area contributed by atoms with Crippen LogP contribution in [0.15, 0.2) is 24.3 Å². The Hall–Kier alpha value is -1.77. The summed E-state index contributed by atoms with van der Waals surface area (Å²) in [6.45, 7) is 10.6. The fraction of sp³-hybridized carbons (Fsp3) is 0.400. The lowest BCUT2D eigenvalue weighted by molar-refractivity contribution is 0.630. The van der Waals surface area contributed by atoms with E-state index < -0.39 is 0 Å². The molecule has 1 aromatic carbocycles. The number of H-pyrrole nitrogens is 1. The van der Waals surface area contributed by atoms with Gasteiger partial charge in [0.15, 0.2) is 0 Å². The second-order valence-corrected chi connectivity index (χ2v) is 5.86. The Balaban J connectivity index is 2.29. The highest BCUT2D eigenvalue weighted by atomic mass is 15.2. The summed E-state index contributed by atoms with van der Waals surface area (Å²) < 4.78 is 0. The summed E-state index contributed by atoms with van der Waals surface area (Å²) in [5.41, 5.74) is 4.83. The first-order valence-electron chi connectivity index (χ1n) is 6.26. The van der Waals surface area contributed by atoms with Gasteiger partial charge in [0.1, 0.15) is 5.82 Å². The van der Waals surface area contributed by atoms with Crippen molar-refractivity contribution in [1.82, 2.24) is 10.2 Å². The van der Waals surface area contributed by atoms with Crippen LogP contribution >= 0.6 is 0 Å². The Kier molecular flexibility index (Phi) is 3.16. The van der Waals surface area contributed by atoms with E-state index in [0.29, 0.717) is 0 Å². The van der Waals surface area contributed by atoms with E-state index in [2.05, 4.69) is 74.4 Å². The number of nitrogens with one attached hydrogen (secondary N) is 2. The van der Waals surface area contributed by atoms with Crippen LogP contribution in [0.4, 0.5) is 5.82 Å². The van der Waals surface area contributed by atoms with Gasteiger partial charge in [-0.15, -0.1) is 0 Å². The monoisotopic (exact) mass is 243 g/mol. The van der Waals surface area contributed by atoms with Crippen LogP contribution in [0.3, 0.4) is 0 Å². The number of hydrogen-bond donors (Lipinski definition) is 2. The van der Waals surface area contributed by atoms with E-state index >= 15 is 0 Å². The Labute approximate surface area is 109 Å². The molecule has 2 aromatic rings. The minimum absolute atomic E-state index is 0.0226. The highest BCUT2D eigenvalue weighted by molar-refractivity contribution is 5.66. The summed E-state index contributed by atoms with van der Waals surface area (Å²) in [5, 5.41) is 10.8. The molecule has 2 N–H and O–H groups in total. The van der Waals surface area contributed by atoms with Gasteiger partial charge in [-0.2, -0.15) is 5.10 Å². The molecule has 1 heterocycles. The summed E-state index contributed by atoms with van der Waals surface area (Å²) in [6, 6.07) is 8.51. The lowest BCUT2D eigenvalue weighted by atomic mass is 10.0. The van der Waals surface area contributed by atoms with Gasteiger partial charge < -0.3 is 5.32 Å². The van der Waals surface area contributed by atoms with Gasteiger partial charge in [0, 0.05) is 17.2 Å².